The molecule has 1 aliphatic rings. The van der Waals surface area contributed by atoms with Crippen LogP contribution in [0.3, 0.4) is 0 Å². The second-order valence-electron chi connectivity index (χ2n) is 8.46. The molecule has 8 nitrogen and oxygen atoms in total. The van der Waals surface area contributed by atoms with Crippen LogP contribution in [0, 0.1) is 0 Å². The third-order valence-corrected chi connectivity index (χ3v) is 7.34. The maximum Gasteiger partial charge on any atom is 0.229 e. The molecule has 11 heteroatoms. The maximum absolute atomic E-state index is 11.8. The Morgan fingerprint density at radius 1 is 1.11 bits per heavy atom. The Morgan fingerprint density at radius 2 is 1.89 bits per heavy atom. The lowest BCUT2D eigenvalue weighted by atomic mass is 10.0. The summed E-state index contributed by atoms with van der Waals surface area (Å²) in [6.07, 6.45) is 2.83. The van der Waals surface area contributed by atoms with Crippen LogP contribution in [0.1, 0.15) is 23.5 Å². The fourth-order valence-corrected chi connectivity index (χ4v) is 5.50. The Kier molecular flexibility index (Phi) is 6.93. The number of nitrogens with one attached hydrogen (secondary N) is 2. The Bertz CT molecular complexity index is 1540. The minimum atomic E-state index is -3.49. The fraction of sp³-hybridized carbons (Fsp3) is 0.154. The van der Waals surface area contributed by atoms with Gasteiger partial charge in [-0.1, -0.05) is 34.1 Å². The van der Waals surface area contributed by atoms with Gasteiger partial charge < -0.3 is 19.4 Å². The minimum Gasteiger partial charge on any atom is -0.494 e. The number of nitrogens with zero attached hydrogens (tertiary/aromatic N) is 2. The van der Waals surface area contributed by atoms with Crippen LogP contribution < -0.4 is 19.7 Å². The van der Waals surface area contributed by atoms with Crippen LogP contribution in [-0.2, 0) is 10.0 Å². The van der Waals surface area contributed by atoms with Crippen LogP contribution >= 0.6 is 28.1 Å². The molecule has 1 fully saturated rings. The first-order valence-electron chi connectivity index (χ1n) is 11.3. The summed E-state index contributed by atoms with van der Waals surface area (Å²) in [4.78, 5) is 6.50. The first-order valence-corrected chi connectivity index (χ1v) is 14.3. The van der Waals surface area contributed by atoms with Crippen LogP contribution in [0.2, 0.25) is 0 Å². The zero-order valence-electron chi connectivity index (χ0n) is 19.9. The Labute approximate surface area is 228 Å². The smallest absolute Gasteiger partial charge is 0.229 e. The lowest BCUT2D eigenvalue weighted by Gasteiger charge is -2.26. The highest BCUT2D eigenvalue weighted by Crippen LogP contribution is 2.44. The van der Waals surface area contributed by atoms with Gasteiger partial charge in [0, 0.05) is 28.0 Å². The molecule has 0 bridgehead atoms. The van der Waals surface area contributed by atoms with Crippen LogP contribution in [0.25, 0.3) is 11.3 Å². The molecule has 0 amide bonds. The van der Waals surface area contributed by atoms with Gasteiger partial charge in [0.2, 0.25) is 10.0 Å². The fourth-order valence-electron chi connectivity index (χ4n) is 4.32. The average molecular weight is 600 g/mol. The molecule has 5 rings (SSSR count). The summed E-state index contributed by atoms with van der Waals surface area (Å²) < 4.78 is 39.0. The topological polar surface area (TPSA) is 96.7 Å². The van der Waals surface area contributed by atoms with E-state index in [0.29, 0.717) is 28.0 Å². The van der Waals surface area contributed by atoms with Gasteiger partial charge in [0.15, 0.2) is 5.11 Å². The molecule has 2 atom stereocenters. The van der Waals surface area contributed by atoms with E-state index in [0.717, 1.165) is 27.7 Å². The Hall–Kier alpha value is -3.41. The van der Waals surface area contributed by atoms with Crippen LogP contribution in [0.5, 0.6) is 5.75 Å². The Balaban J connectivity index is 1.59. The van der Waals surface area contributed by atoms with Crippen molar-refractivity contribution in [1.82, 2.24) is 10.3 Å². The molecular weight excluding hydrogens is 576 g/mol. The van der Waals surface area contributed by atoms with Crippen LogP contribution in [0.4, 0.5) is 11.4 Å². The normalized spacial score (nSPS) is 17.5. The molecule has 2 N–H and O–H groups in total. The van der Waals surface area contributed by atoms with Crippen molar-refractivity contribution in [3.05, 3.63) is 94.9 Å². The number of rotatable bonds is 7. The van der Waals surface area contributed by atoms with Crippen molar-refractivity contribution in [2.75, 3.05) is 23.0 Å². The number of furan rings is 1. The molecule has 3 heterocycles. The SMILES string of the molecule is COc1cc(N2C(=S)N[C@H](c3ccccn3)[C@@H]2c2ccc(-c3ccc(Br)cc3)o2)ccc1NS(C)(=O)=O. The van der Waals surface area contributed by atoms with Crippen molar-refractivity contribution in [3.8, 4) is 17.1 Å². The zero-order chi connectivity index (χ0) is 26.2. The van der Waals surface area contributed by atoms with Gasteiger partial charge in [-0.3, -0.25) is 9.71 Å². The van der Waals surface area contributed by atoms with E-state index in [4.69, 9.17) is 21.4 Å². The summed E-state index contributed by atoms with van der Waals surface area (Å²) in [6.45, 7) is 0. The summed E-state index contributed by atoms with van der Waals surface area (Å²) >= 11 is 9.25. The van der Waals surface area contributed by atoms with E-state index in [1.54, 1.807) is 24.4 Å². The largest absolute Gasteiger partial charge is 0.494 e. The number of benzene rings is 2. The predicted octanol–water partition coefficient (Wildman–Crippen LogP) is 5.66. The molecule has 0 spiro atoms. The highest BCUT2D eigenvalue weighted by Gasteiger charge is 2.42. The van der Waals surface area contributed by atoms with Gasteiger partial charge in [0.25, 0.3) is 0 Å². The molecule has 0 radical (unpaired) electrons. The molecule has 1 aliphatic heterocycles. The highest BCUT2D eigenvalue weighted by atomic mass is 79.9. The number of hydrogen-bond donors (Lipinski definition) is 2. The van der Waals surface area contributed by atoms with Crippen molar-refractivity contribution >= 4 is 54.7 Å². The number of ether oxygens (including phenoxy) is 1. The summed E-state index contributed by atoms with van der Waals surface area (Å²) in [7, 11) is -2.00. The summed E-state index contributed by atoms with van der Waals surface area (Å²) in [5.41, 5.74) is 2.79. The number of pyridine rings is 1. The van der Waals surface area contributed by atoms with Crippen molar-refractivity contribution in [2.24, 2.45) is 0 Å². The zero-order valence-corrected chi connectivity index (χ0v) is 23.1. The molecule has 190 valence electrons. The van der Waals surface area contributed by atoms with Crippen LogP contribution in [0.15, 0.2) is 87.9 Å². The van der Waals surface area contributed by atoms with E-state index in [9.17, 15) is 8.42 Å². The highest BCUT2D eigenvalue weighted by molar-refractivity contribution is 9.10. The van der Waals surface area contributed by atoms with Crippen molar-refractivity contribution < 1.29 is 17.6 Å². The van der Waals surface area contributed by atoms with E-state index in [1.807, 2.05) is 59.5 Å². The number of methoxy groups -OCH3 is 1. The summed E-state index contributed by atoms with van der Waals surface area (Å²) in [5.74, 6) is 1.78. The second kappa shape index (κ2) is 10.2. The molecule has 37 heavy (non-hydrogen) atoms. The van der Waals surface area contributed by atoms with E-state index in [2.05, 4.69) is 31.0 Å². The molecule has 0 aliphatic carbocycles. The summed E-state index contributed by atoms with van der Waals surface area (Å²) in [6, 6.07) is 22.0. The molecule has 0 saturated carbocycles. The lowest BCUT2D eigenvalue weighted by molar-refractivity contribution is 0.416. The predicted molar refractivity (Wildman–Crippen MR) is 151 cm³/mol. The molecule has 1 saturated heterocycles. The minimum absolute atomic E-state index is 0.294. The number of thiocarbonyl (C=S) groups is 1. The van der Waals surface area contributed by atoms with Gasteiger partial charge >= 0.3 is 0 Å². The van der Waals surface area contributed by atoms with E-state index in [-0.39, 0.29) is 12.1 Å². The number of aromatic nitrogens is 1. The maximum atomic E-state index is 11.8. The van der Waals surface area contributed by atoms with Gasteiger partial charge in [0.05, 0.1) is 30.8 Å². The van der Waals surface area contributed by atoms with Crippen LogP contribution in [-0.4, -0.2) is 31.9 Å². The van der Waals surface area contributed by atoms with E-state index >= 15 is 0 Å². The van der Waals surface area contributed by atoms with Gasteiger partial charge in [0.1, 0.15) is 23.3 Å². The quantitative estimate of drug-likeness (QED) is 0.263. The van der Waals surface area contributed by atoms with E-state index < -0.39 is 10.0 Å². The number of sulfonamides is 1. The molecule has 0 unspecified atom stereocenters. The number of anilines is 2. The standard InChI is InChI=1S/C26H23BrN4O4S2/c1-34-23-15-18(10-11-19(23)30-37(2,32)33)31-25(24(29-26(31)36)20-5-3-4-14-28-20)22-13-12-21(35-22)16-6-8-17(27)9-7-16/h3-15,24-25,30H,1-2H3,(H,29,36)/t24-,25+/m1/s1. The van der Waals surface area contributed by atoms with Crippen molar-refractivity contribution in [1.29, 1.82) is 0 Å². The monoisotopic (exact) mass is 598 g/mol. The molecule has 4 aromatic rings. The molecule has 2 aromatic heterocycles. The third kappa shape index (κ3) is 5.34. The Morgan fingerprint density at radius 3 is 2.57 bits per heavy atom. The van der Waals surface area contributed by atoms with Gasteiger partial charge in [-0.2, -0.15) is 0 Å². The lowest BCUT2D eigenvalue weighted by Crippen LogP contribution is -2.29. The van der Waals surface area contributed by atoms with Crippen molar-refractivity contribution in [3.63, 3.8) is 0 Å². The van der Waals surface area contributed by atoms with Gasteiger partial charge in [-0.05, 0) is 60.7 Å². The number of hydrogen-bond acceptors (Lipinski definition) is 6. The first kappa shape index (κ1) is 25.2. The third-order valence-electron chi connectivity index (χ3n) is 5.90. The molecular formula is C26H23BrN4O4S2. The summed E-state index contributed by atoms with van der Waals surface area (Å²) in [5, 5.41) is 3.87. The average Bonchev–Trinajstić information content (AvgIpc) is 3.49. The second-order valence-corrected chi connectivity index (χ2v) is 11.5. The van der Waals surface area contributed by atoms with Gasteiger partial charge in [-0.15, -0.1) is 0 Å². The van der Waals surface area contributed by atoms with Gasteiger partial charge in [-0.25, -0.2) is 8.42 Å². The van der Waals surface area contributed by atoms with Crippen molar-refractivity contribution in [2.45, 2.75) is 12.1 Å². The molecule has 2 aromatic carbocycles. The first-order chi connectivity index (χ1) is 17.7. The van der Waals surface area contributed by atoms with E-state index in [1.165, 1.54) is 7.11 Å². The number of halogens is 1.